The van der Waals surface area contributed by atoms with Crippen LogP contribution in [0.25, 0.3) is 0 Å². The van der Waals surface area contributed by atoms with Crippen molar-refractivity contribution in [3.8, 4) is 0 Å². The van der Waals surface area contributed by atoms with Crippen LogP contribution in [0.4, 0.5) is 0 Å². The van der Waals surface area contributed by atoms with Gasteiger partial charge in [-0.3, -0.25) is 0 Å². The van der Waals surface area contributed by atoms with Crippen LogP contribution in [0.3, 0.4) is 0 Å². The standard InChI is InChI=1S/C18H32N2S/c1-16(2)13-19-14-18(3,15-20(4)11-12-21-5)17-9-7-6-8-10-17/h6-10,16,19H,11-15H2,1-5H3. The number of hydrogen-bond donors (Lipinski definition) is 1. The molecule has 3 heteroatoms. The molecule has 0 aliphatic heterocycles. The van der Waals surface area contributed by atoms with Gasteiger partial charge >= 0.3 is 0 Å². The zero-order valence-corrected chi connectivity index (χ0v) is 15.2. The molecular formula is C18H32N2S. The second-order valence-corrected chi connectivity index (χ2v) is 7.67. The molecule has 0 saturated carbocycles. The van der Waals surface area contributed by atoms with Gasteiger partial charge in [0.15, 0.2) is 0 Å². The third kappa shape index (κ3) is 6.86. The van der Waals surface area contributed by atoms with Gasteiger partial charge < -0.3 is 10.2 Å². The number of thioether (sulfide) groups is 1. The highest BCUT2D eigenvalue weighted by atomic mass is 32.2. The first-order valence-corrected chi connectivity index (χ1v) is 9.31. The molecule has 0 aromatic heterocycles. The zero-order chi connectivity index (χ0) is 15.7. The van der Waals surface area contributed by atoms with Crippen LogP contribution in [0, 0.1) is 5.92 Å². The van der Waals surface area contributed by atoms with Gasteiger partial charge in [0.1, 0.15) is 0 Å². The molecule has 0 radical (unpaired) electrons. The Bertz CT molecular complexity index is 380. The highest BCUT2D eigenvalue weighted by Gasteiger charge is 2.27. The summed E-state index contributed by atoms with van der Waals surface area (Å²) >= 11 is 1.92. The molecule has 0 aliphatic carbocycles. The zero-order valence-electron chi connectivity index (χ0n) is 14.4. The lowest BCUT2D eigenvalue weighted by atomic mass is 9.81. The van der Waals surface area contributed by atoms with Crippen molar-refractivity contribution in [2.24, 2.45) is 5.92 Å². The van der Waals surface area contributed by atoms with Gasteiger partial charge in [0.2, 0.25) is 0 Å². The van der Waals surface area contributed by atoms with E-state index in [2.05, 4.69) is 74.6 Å². The summed E-state index contributed by atoms with van der Waals surface area (Å²) < 4.78 is 0. The monoisotopic (exact) mass is 308 g/mol. The molecular weight excluding hydrogens is 276 g/mol. The first-order chi connectivity index (χ1) is 9.98. The first kappa shape index (κ1) is 18.5. The third-order valence-corrected chi connectivity index (χ3v) is 4.43. The number of rotatable bonds is 10. The molecule has 1 unspecified atom stereocenters. The Morgan fingerprint density at radius 2 is 1.90 bits per heavy atom. The summed E-state index contributed by atoms with van der Waals surface area (Å²) in [6.07, 6.45) is 2.18. The molecule has 0 amide bonds. The van der Waals surface area contributed by atoms with Crippen molar-refractivity contribution in [3.05, 3.63) is 35.9 Å². The maximum atomic E-state index is 3.65. The summed E-state index contributed by atoms with van der Waals surface area (Å²) in [6, 6.07) is 10.9. The van der Waals surface area contributed by atoms with Crippen LogP contribution in [0.1, 0.15) is 26.3 Å². The molecule has 120 valence electrons. The molecule has 21 heavy (non-hydrogen) atoms. The molecule has 2 nitrogen and oxygen atoms in total. The topological polar surface area (TPSA) is 15.3 Å². The Hall–Kier alpha value is -0.510. The van der Waals surface area contributed by atoms with Gasteiger partial charge in [-0.25, -0.2) is 0 Å². The van der Waals surface area contributed by atoms with E-state index in [9.17, 15) is 0 Å². The maximum Gasteiger partial charge on any atom is 0.0176 e. The van der Waals surface area contributed by atoms with Crippen molar-refractivity contribution >= 4 is 11.8 Å². The lowest BCUT2D eigenvalue weighted by Gasteiger charge is -2.35. The molecule has 1 atom stereocenters. The fourth-order valence-corrected chi connectivity index (χ4v) is 3.14. The average Bonchev–Trinajstić information content (AvgIpc) is 2.45. The second kappa shape index (κ2) is 9.50. The normalized spacial score (nSPS) is 14.6. The SMILES string of the molecule is CSCCN(C)CC(C)(CNCC(C)C)c1ccccc1. The van der Waals surface area contributed by atoms with Crippen LogP contribution in [-0.2, 0) is 5.41 Å². The molecule has 0 saturated heterocycles. The summed E-state index contributed by atoms with van der Waals surface area (Å²) in [5, 5.41) is 3.65. The molecule has 0 bridgehead atoms. The minimum Gasteiger partial charge on any atom is -0.316 e. The van der Waals surface area contributed by atoms with Crippen LogP contribution in [0.2, 0.25) is 0 Å². The van der Waals surface area contributed by atoms with Crippen molar-refractivity contribution in [2.75, 3.05) is 45.2 Å². The smallest absolute Gasteiger partial charge is 0.0176 e. The number of hydrogen-bond acceptors (Lipinski definition) is 3. The lowest BCUT2D eigenvalue weighted by Crippen LogP contribution is -2.45. The maximum absolute atomic E-state index is 3.65. The van der Waals surface area contributed by atoms with E-state index in [4.69, 9.17) is 0 Å². The number of nitrogens with one attached hydrogen (secondary N) is 1. The van der Waals surface area contributed by atoms with E-state index in [0.717, 1.165) is 26.2 Å². The first-order valence-electron chi connectivity index (χ1n) is 7.91. The summed E-state index contributed by atoms with van der Waals surface area (Å²) in [5.74, 6) is 1.89. The fraction of sp³-hybridized carbons (Fsp3) is 0.667. The molecule has 0 fully saturated rings. The quantitative estimate of drug-likeness (QED) is 0.712. The summed E-state index contributed by atoms with van der Waals surface area (Å²) in [5.41, 5.74) is 1.58. The van der Waals surface area contributed by atoms with Gasteiger partial charge in [0.25, 0.3) is 0 Å². The summed E-state index contributed by atoms with van der Waals surface area (Å²) in [6.45, 7) is 11.2. The Morgan fingerprint density at radius 1 is 1.24 bits per heavy atom. The third-order valence-electron chi connectivity index (χ3n) is 3.83. The Kier molecular flexibility index (Phi) is 8.38. The van der Waals surface area contributed by atoms with Crippen molar-refractivity contribution in [1.82, 2.24) is 10.2 Å². The largest absolute Gasteiger partial charge is 0.316 e. The predicted molar refractivity (Wildman–Crippen MR) is 97.4 cm³/mol. The minimum absolute atomic E-state index is 0.156. The van der Waals surface area contributed by atoms with Crippen LogP contribution < -0.4 is 5.32 Å². The Balaban J connectivity index is 2.73. The fourth-order valence-electron chi connectivity index (χ4n) is 2.65. The average molecular weight is 309 g/mol. The molecule has 0 aliphatic rings. The predicted octanol–water partition coefficient (Wildman–Crippen LogP) is 3.48. The number of benzene rings is 1. The van der Waals surface area contributed by atoms with Crippen molar-refractivity contribution < 1.29 is 0 Å². The number of nitrogens with zero attached hydrogens (tertiary/aromatic N) is 1. The van der Waals surface area contributed by atoms with Crippen LogP contribution in [-0.4, -0.2) is 50.1 Å². The Morgan fingerprint density at radius 3 is 2.48 bits per heavy atom. The van der Waals surface area contributed by atoms with E-state index >= 15 is 0 Å². The van der Waals surface area contributed by atoms with Gasteiger partial charge in [-0.1, -0.05) is 51.1 Å². The van der Waals surface area contributed by atoms with Crippen molar-refractivity contribution in [2.45, 2.75) is 26.2 Å². The van der Waals surface area contributed by atoms with Crippen LogP contribution in [0.15, 0.2) is 30.3 Å². The second-order valence-electron chi connectivity index (χ2n) is 6.68. The molecule has 0 spiro atoms. The molecule has 0 heterocycles. The Labute approximate surface area is 135 Å². The van der Waals surface area contributed by atoms with Crippen molar-refractivity contribution in [3.63, 3.8) is 0 Å². The molecule has 1 aromatic rings. The van der Waals surface area contributed by atoms with E-state index in [1.165, 1.54) is 11.3 Å². The molecule has 1 aromatic carbocycles. The molecule has 1 rings (SSSR count). The van der Waals surface area contributed by atoms with E-state index in [1.807, 2.05) is 11.8 Å². The molecule has 1 N–H and O–H groups in total. The summed E-state index contributed by atoms with van der Waals surface area (Å²) in [7, 11) is 2.24. The van der Waals surface area contributed by atoms with Crippen LogP contribution in [0.5, 0.6) is 0 Å². The minimum atomic E-state index is 0.156. The van der Waals surface area contributed by atoms with Crippen molar-refractivity contribution in [1.29, 1.82) is 0 Å². The summed E-state index contributed by atoms with van der Waals surface area (Å²) in [4.78, 5) is 2.46. The van der Waals surface area contributed by atoms with Gasteiger partial charge in [0.05, 0.1) is 0 Å². The van der Waals surface area contributed by atoms with E-state index in [-0.39, 0.29) is 5.41 Å². The van der Waals surface area contributed by atoms with Gasteiger partial charge in [0, 0.05) is 30.8 Å². The highest BCUT2D eigenvalue weighted by Crippen LogP contribution is 2.24. The van der Waals surface area contributed by atoms with E-state index in [1.54, 1.807) is 0 Å². The van der Waals surface area contributed by atoms with Gasteiger partial charge in [-0.15, -0.1) is 0 Å². The van der Waals surface area contributed by atoms with Crippen LogP contribution >= 0.6 is 11.8 Å². The number of likely N-dealkylation sites (N-methyl/N-ethyl adjacent to an activating group) is 1. The van der Waals surface area contributed by atoms with E-state index < -0.39 is 0 Å². The van der Waals surface area contributed by atoms with E-state index in [0.29, 0.717) is 5.92 Å². The lowest BCUT2D eigenvalue weighted by molar-refractivity contribution is 0.259. The van der Waals surface area contributed by atoms with Gasteiger partial charge in [-0.05, 0) is 31.3 Å². The van der Waals surface area contributed by atoms with Gasteiger partial charge in [-0.2, -0.15) is 11.8 Å². The highest BCUT2D eigenvalue weighted by molar-refractivity contribution is 7.98.